The SMILES string of the molecule is CCN1C(=O)N/C(=C/c2ccc(OCc3cccc(C)c3)cc2)C1=O. The van der Waals surface area contributed by atoms with E-state index >= 15 is 0 Å². The molecule has 0 spiro atoms. The lowest BCUT2D eigenvalue weighted by atomic mass is 10.1. The lowest BCUT2D eigenvalue weighted by Crippen LogP contribution is -2.30. The maximum atomic E-state index is 12.1. The van der Waals surface area contributed by atoms with Gasteiger partial charge in [-0.05, 0) is 43.2 Å². The van der Waals surface area contributed by atoms with Crippen LogP contribution in [0, 0.1) is 6.92 Å². The zero-order valence-corrected chi connectivity index (χ0v) is 14.3. The molecule has 2 aromatic carbocycles. The van der Waals surface area contributed by atoms with Crippen molar-refractivity contribution in [1.29, 1.82) is 0 Å². The third kappa shape index (κ3) is 3.88. The van der Waals surface area contributed by atoms with E-state index in [0.717, 1.165) is 16.9 Å². The first-order valence-electron chi connectivity index (χ1n) is 8.20. The number of imide groups is 1. The molecule has 0 aliphatic carbocycles. The molecule has 0 radical (unpaired) electrons. The van der Waals surface area contributed by atoms with Crippen molar-refractivity contribution >= 4 is 18.0 Å². The number of ether oxygens (including phenoxy) is 1. The summed E-state index contributed by atoms with van der Waals surface area (Å²) in [4.78, 5) is 24.9. The Balaban J connectivity index is 1.65. The largest absolute Gasteiger partial charge is 0.489 e. The Bertz CT molecular complexity index is 825. The highest BCUT2D eigenvalue weighted by Gasteiger charge is 2.31. The van der Waals surface area contributed by atoms with Crippen molar-refractivity contribution in [3.8, 4) is 5.75 Å². The molecule has 5 heteroatoms. The van der Waals surface area contributed by atoms with Crippen molar-refractivity contribution in [1.82, 2.24) is 10.2 Å². The molecule has 0 aromatic heterocycles. The van der Waals surface area contributed by atoms with Gasteiger partial charge in [0.15, 0.2) is 0 Å². The van der Waals surface area contributed by atoms with Crippen LogP contribution in [-0.2, 0) is 11.4 Å². The highest BCUT2D eigenvalue weighted by Crippen LogP contribution is 2.18. The lowest BCUT2D eigenvalue weighted by Gasteiger charge is -2.07. The summed E-state index contributed by atoms with van der Waals surface area (Å²) in [6, 6.07) is 15.2. The van der Waals surface area contributed by atoms with E-state index in [2.05, 4.69) is 24.4 Å². The predicted octanol–water partition coefficient (Wildman–Crippen LogP) is 3.49. The van der Waals surface area contributed by atoms with Crippen molar-refractivity contribution in [2.45, 2.75) is 20.5 Å². The fraction of sp³-hybridized carbons (Fsp3) is 0.200. The van der Waals surface area contributed by atoms with Gasteiger partial charge in [0.05, 0.1) is 0 Å². The average molecular weight is 336 g/mol. The minimum Gasteiger partial charge on any atom is -0.489 e. The molecule has 1 N–H and O–H groups in total. The smallest absolute Gasteiger partial charge is 0.328 e. The Kier molecular flexibility index (Phi) is 4.84. The summed E-state index contributed by atoms with van der Waals surface area (Å²) in [5, 5.41) is 2.59. The Morgan fingerprint density at radius 1 is 1.12 bits per heavy atom. The zero-order chi connectivity index (χ0) is 17.8. The van der Waals surface area contributed by atoms with Crippen LogP contribution in [0.3, 0.4) is 0 Å². The molecular formula is C20H20N2O3. The first kappa shape index (κ1) is 16.8. The van der Waals surface area contributed by atoms with Crippen LogP contribution in [-0.4, -0.2) is 23.4 Å². The Labute approximate surface area is 146 Å². The number of amides is 3. The third-order valence-electron chi connectivity index (χ3n) is 3.96. The van der Waals surface area contributed by atoms with Crippen LogP contribution in [0.1, 0.15) is 23.6 Å². The van der Waals surface area contributed by atoms with Crippen molar-refractivity contribution in [3.05, 3.63) is 70.9 Å². The molecule has 5 nitrogen and oxygen atoms in total. The van der Waals surface area contributed by atoms with Gasteiger partial charge in [0.2, 0.25) is 0 Å². The van der Waals surface area contributed by atoms with Gasteiger partial charge in [-0.2, -0.15) is 0 Å². The molecule has 1 heterocycles. The average Bonchev–Trinajstić information content (AvgIpc) is 2.87. The summed E-state index contributed by atoms with van der Waals surface area (Å²) >= 11 is 0. The van der Waals surface area contributed by atoms with Gasteiger partial charge in [-0.25, -0.2) is 4.79 Å². The number of carbonyl (C=O) groups excluding carboxylic acids is 2. The molecule has 1 fully saturated rings. The summed E-state index contributed by atoms with van der Waals surface area (Å²) in [6.07, 6.45) is 1.67. The number of rotatable bonds is 5. The van der Waals surface area contributed by atoms with Crippen LogP contribution in [0.2, 0.25) is 0 Å². The molecule has 1 aliphatic heterocycles. The molecule has 3 amide bonds. The summed E-state index contributed by atoms with van der Waals surface area (Å²) in [6.45, 7) is 4.67. The number of hydrogen-bond donors (Lipinski definition) is 1. The molecule has 0 saturated carbocycles. The summed E-state index contributed by atoms with van der Waals surface area (Å²) in [7, 11) is 0. The highest BCUT2D eigenvalue weighted by molar-refractivity contribution is 6.13. The molecule has 2 aromatic rings. The van der Waals surface area contributed by atoms with E-state index in [4.69, 9.17) is 4.74 Å². The van der Waals surface area contributed by atoms with E-state index in [-0.39, 0.29) is 11.9 Å². The number of urea groups is 1. The summed E-state index contributed by atoms with van der Waals surface area (Å²) < 4.78 is 5.78. The molecule has 1 aliphatic rings. The van der Waals surface area contributed by atoms with Gasteiger partial charge in [0.25, 0.3) is 5.91 Å². The van der Waals surface area contributed by atoms with Gasteiger partial charge in [-0.15, -0.1) is 0 Å². The molecular weight excluding hydrogens is 316 g/mol. The Morgan fingerprint density at radius 2 is 1.88 bits per heavy atom. The fourth-order valence-corrected chi connectivity index (χ4v) is 2.65. The molecule has 0 bridgehead atoms. The monoisotopic (exact) mass is 336 g/mol. The van der Waals surface area contributed by atoms with Crippen LogP contribution < -0.4 is 10.1 Å². The van der Waals surface area contributed by atoms with E-state index in [1.165, 1.54) is 10.5 Å². The van der Waals surface area contributed by atoms with Crippen LogP contribution >= 0.6 is 0 Å². The molecule has 25 heavy (non-hydrogen) atoms. The van der Waals surface area contributed by atoms with Crippen LogP contribution in [0.15, 0.2) is 54.2 Å². The zero-order valence-electron chi connectivity index (χ0n) is 14.3. The first-order chi connectivity index (χ1) is 12.1. The maximum absolute atomic E-state index is 12.1. The van der Waals surface area contributed by atoms with E-state index in [9.17, 15) is 9.59 Å². The number of nitrogens with zero attached hydrogens (tertiary/aromatic N) is 1. The van der Waals surface area contributed by atoms with Gasteiger partial charge in [0.1, 0.15) is 18.1 Å². The number of carbonyl (C=O) groups is 2. The second-order valence-electron chi connectivity index (χ2n) is 5.88. The molecule has 128 valence electrons. The van der Waals surface area contributed by atoms with Gasteiger partial charge >= 0.3 is 6.03 Å². The highest BCUT2D eigenvalue weighted by atomic mass is 16.5. The second kappa shape index (κ2) is 7.21. The minimum atomic E-state index is -0.378. The molecule has 0 atom stereocenters. The number of likely N-dealkylation sites (N-methyl/N-ethyl adjacent to an activating group) is 1. The Morgan fingerprint density at radius 3 is 2.52 bits per heavy atom. The number of aryl methyl sites for hydroxylation is 1. The van der Waals surface area contributed by atoms with Crippen molar-refractivity contribution in [3.63, 3.8) is 0 Å². The Hall–Kier alpha value is -3.08. The van der Waals surface area contributed by atoms with E-state index in [1.807, 2.05) is 36.4 Å². The van der Waals surface area contributed by atoms with E-state index < -0.39 is 0 Å². The van der Waals surface area contributed by atoms with Gasteiger partial charge in [-0.3, -0.25) is 9.69 Å². The molecule has 1 saturated heterocycles. The summed E-state index contributed by atoms with van der Waals surface area (Å²) in [5.41, 5.74) is 3.43. The normalized spacial score (nSPS) is 15.6. The van der Waals surface area contributed by atoms with Crippen molar-refractivity contribution in [2.75, 3.05) is 6.54 Å². The quantitative estimate of drug-likeness (QED) is 0.672. The van der Waals surface area contributed by atoms with Gasteiger partial charge in [-0.1, -0.05) is 42.0 Å². The van der Waals surface area contributed by atoms with E-state index in [0.29, 0.717) is 18.8 Å². The minimum absolute atomic E-state index is 0.292. The summed E-state index contributed by atoms with van der Waals surface area (Å²) in [5.74, 6) is 0.452. The number of benzene rings is 2. The topological polar surface area (TPSA) is 58.6 Å². The third-order valence-corrected chi connectivity index (χ3v) is 3.96. The van der Waals surface area contributed by atoms with Gasteiger partial charge < -0.3 is 10.1 Å². The van der Waals surface area contributed by atoms with Crippen LogP contribution in [0.25, 0.3) is 6.08 Å². The molecule has 3 rings (SSSR count). The van der Waals surface area contributed by atoms with Gasteiger partial charge in [0, 0.05) is 6.54 Å². The standard InChI is InChI=1S/C20H20N2O3/c1-3-22-19(23)18(21-20(22)24)12-15-7-9-17(10-8-15)25-13-16-6-4-5-14(2)11-16/h4-12H,3,13H2,1-2H3,(H,21,24)/b18-12+. The number of hydrogen-bond acceptors (Lipinski definition) is 3. The first-order valence-corrected chi connectivity index (χ1v) is 8.20. The lowest BCUT2D eigenvalue weighted by molar-refractivity contribution is -0.122. The fourth-order valence-electron chi connectivity index (χ4n) is 2.65. The van der Waals surface area contributed by atoms with Crippen LogP contribution in [0.5, 0.6) is 5.75 Å². The predicted molar refractivity (Wildman–Crippen MR) is 95.8 cm³/mol. The molecule has 0 unspecified atom stereocenters. The van der Waals surface area contributed by atoms with Crippen molar-refractivity contribution < 1.29 is 14.3 Å². The van der Waals surface area contributed by atoms with E-state index in [1.54, 1.807) is 13.0 Å². The number of nitrogens with one attached hydrogen (secondary N) is 1. The van der Waals surface area contributed by atoms with Crippen molar-refractivity contribution in [2.24, 2.45) is 0 Å². The van der Waals surface area contributed by atoms with Crippen LogP contribution in [0.4, 0.5) is 4.79 Å². The maximum Gasteiger partial charge on any atom is 0.328 e. The second-order valence-corrected chi connectivity index (χ2v) is 5.88.